The number of aryl methyl sites for hydroxylation is 1. The van der Waals surface area contributed by atoms with Crippen LogP contribution < -0.4 is 14.8 Å². The third-order valence-corrected chi connectivity index (χ3v) is 6.40. The number of hydrogen-bond acceptors (Lipinski definition) is 6. The van der Waals surface area contributed by atoms with Crippen molar-refractivity contribution in [1.82, 2.24) is 5.32 Å². The lowest BCUT2D eigenvalue weighted by Crippen LogP contribution is -2.23. The Kier molecular flexibility index (Phi) is 6.72. The maximum Gasteiger partial charge on any atom is 0.255 e. The molecule has 0 atom stereocenters. The first-order valence-corrected chi connectivity index (χ1v) is 11.3. The number of fused-ring (bicyclic) bond motifs is 1. The van der Waals surface area contributed by atoms with Gasteiger partial charge in [-0.3, -0.25) is 4.79 Å². The van der Waals surface area contributed by atoms with E-state index in [-0.39, 0.29) is 5.91 Å². The molecule has 2 heterocycles. The average Bonchev–Trinajstić information content (AvgIpc) is 3.44. The van der Waals surface area contributed by atoms with Gasteiger partial charge < -0.3 is 19.2 Å². The molecule has 0 saturated heterocycles. The monoisotopic (exact) mass is 438 g/mol. The number of thiophene rings is 1. The van der Waals surface area contributed by atoms with Crippen molar-refractivity contribution >= 4 is 28.5 Å². The Bertz CT molecular complexity index is 1070. The second-order valence-corrected chi connectivity index (χ2v) is 8.34. The summed E-state index contributed by atoms with van der Waals surface area (Å²) in [6.45, 7) is 2.84. The van der Waals surface area contributed by atoms with E-state index in [1.54, 1.807) is 30.9 Å². The van der Waals surface area contributed by atoms with Crippen LogP contribution in [0.15, 0.2) is 46.0 Å². The summed E-state index contributed by atoms with van der Waals surface area (Å²) < 4.78 is 16.3. The van der Waals surface area contributed by atoms with E-state index in [0.717, 1.165) is 47.6 Å². The van der Waals surface area contributed by atoms with Crippen molar-refractivity contribution in [2.24, 2.45) is 4.99 Å². The lowest BCUT2D eigenvalue weighted by Gasteiger charge is -2.12. The fraction of sp³-hybridized carbons (Fsp3) is 0.333. The number of furan rings is 1. The summed E-state index contributed by atoms with van der Waals surface area (Å²) in [6.07, 6.45) is 7.56. The molecule has 1 N–H and O–H groups in total. The number of carbonyl (C=O) groups excluding carboxylic acids is 1. The molecule has 0 aliphatic heterocycles. The predicted octanol–water partition coefficient (Wildman–Crippen LogP) is 5.31. The van der Waals surface area contributed by atoms with E-state index in [4.69, 9.17) is 18.9 Å². The Hall–Kier alpha value is -3.06. The summed E-state index contributed by atoms with van der Waals surface area (Å²) in [5.41, 5.74) is 2.73. The molecular formula is C24H26N2O4S. The average molecular weight is 439 g/mol. The minimum absolute atomic E-state index is 0.104. The fourth-order valence-corrected chi connectivity index (χ4v) is 4.95. The molecular weight excluding hydrogens is 412 g/mol. The fourth-order valence-electron chi connectivity index (χ4n) is 3.72. The summed E-state index contributed by atoms with van der Waals surface area (Å²) in [6, 6.07) is 9.35. The zero-order valence-corrected chi connectivity index (χ0v) is 18.6. The van der Waals surface area contributed by atoms with E-state index in [1.807, 2.05) is 37.3 Å². The standard InChI is InChI=1S/C24H26N2O4S/c1-3-29-20-13-16(10-11-19(20)28-2)14-26-24-22(18-8-4-5-9-21(18)31-24)23(27)25-15-17-7-6-12-30-17/h6-7,10-14H,3-5,8-9,15H2,1-2H3,(H,25,27). The van der Waals surface area contributed by atoms with Gasteiger partial charge in [0, 0.05) is 11.1 Å². The number of carbonyl (C=O) groups is 1. The maximum absolute atomic E-state index is 13.1. The molecule has 7 heteroatoms. The molecule has 1 aliphatic rings. The van der Waals surface area contributed by atoms with Gasteiger partial charge in [-0.05, 0) is 74.1 Å². The highest BCUT2D eigenvalue weighted by Crippen LogP contribution is 2.40. The smallest absolute Gasteiger partial charge is 0.255 e. The van der Waals surface area contributed by atoms with Gasteiger partial charge in [0.25, 0.3) is 5.91 Å². The van der Waals surface area contributed by atoms with Crippen LogP contribution in [-0.4, -0.2) is 25.8 Å². The van der Waals surface area contributed by atoms with Crippen LogP contribution in [-0.2, 0) is 19.4 Å². The maximum atomic E-state index is 13.1. The molecule has 0 radical (unpaired) electrons. The molecule has 6 nitrogen and oxygen atoms in total. The molecule has 0 spiro atoms. The van der Waals surface area contributed by atoms with E-state index >= 15 is 0 Å². The Morgan fingerprint density at radius 3 is 2.90 bits per heavy atom. The SMILES string of the molecule is CCOc1cc(C=Nc2sc3c(c2C(=O)NCc2ccco2)CCCC3)ccc1OC. The number of ether oxygens (including phenoxy) is 2. The van der Waals surface area contributed by atoms with Crippen LogP contribution in [0.3, 0.4) is 0 Å². The number of nitrogens with one attached hydrogen (secondary N) is 1. The van der Waals surface area contributed by atoms with E-state index in [1.165, 1.54) is 4.88 Å². The van der Waals surface area contributed by atoms with Crippen LogP contribution in [0, 0.1) is 0 Å². The van der Waals surface area contributed by atoms with Crippen molar-refractivity contribution in [2.75, 3.05) is 13.7 Å². The Labute approximate surface area is 185 Å². The summed E-state index contributed by atoms with van der Waals surface area (Å²) in [5, 5.41) is 3.73. The molecule has 31 heavy (non-hydrogen) atoms. The van der Waals surface area contributed by atoms with Gasteiger partial charge in [-0.15, -0.1) is 11.3 Å². The summed E-state index contributed by atoms with van der Waals surface area (Å²) >= 11 is 1.62. The van der Waals surface area contributed by atoms with Gasteiger partial charge in [0.15, 0.2) is 11.5 Å². The van der Waals surface area contributed by atoms with Gasteiger partial charge in [0.1, 0.15) is 10.8 Å². The van der Waals surface area contributed by atoms with Crippen LogP contribution in [0.1, 0.15) is 51.9 Å². The first-order chi connectivity index (χ1) is 15.2. The van der Waals surface area contributed by atoms with Gasteiger partial charge in [0.05, 0.1) is 32.1 Å². The predicted molar refractivity (Wildman–Crippen MR) is 122 cm³/mol. The molecule has 0 bridgehead atoms. The molecule has 0 unspecified atom stereocenters. The van der Waals surface area contributed by atoms with Crippen molar-refractivity contribution in [1.29, 1.82) is 0 Å². The third-order valence-electron chi connectivity index (χ3n) is 5.20. The van der Waals surface area contributed by atoms with Gasteiger partial charge in [-0.1, -0.05) is 0 Å². The number of methoxy groups -OCH3 is 1. The topological polar surface area (TPSA) is 73.1 Å². The Morgan fingerprint density at radius 1 is 1.26 bits per heavy atom. The zero-order chi connectivity index (χ0) is 21.6. The van der Waals surface area contributed by atoms with Crippen molar-refractivity contribution in [3.8, 4) is 11.5 Å². The minimum atomic E-state index is -0.104. The van der Waals surface area contributed by atoms with Crippen molar-refractivity contribution in [3.63, 3.8) is 0 Å². The Balaban J connectivity index is 1.61. The van der Waals surface area contributed by atoms with Crippen LogP contribution in [0.4, 0.5) is 5.00 Å². The second-order valence-electron chi connectivity index (χ2n) is 7.25. The third kappa shape index (κ3) is 4.82. The molecule has 1 aliphatic carbocycles. The van der Waals surface area contributed by atoms with Gasteiger partial charge in [-0.2, -0.15) is 0 Å². The molecule has 1 aromatic carbocycles. The van der Waals surface area contributed by atoms with Crippen molar-refractivity contribution < 1.29 is 18.7 Å². The summed E-state index contributed by atoms with van der Waals surface area (Å²) in [4.78, 5) is 19.1. The normalized spacial score (nSPS) is 13.2. The van der Waals surface area contributed by atoms with Crippen LogP contribution in [0.25, 0.3) is 0 Å². The van der Waals surface area contributed by atoms with Crippen LogP contribution in [0.2, 0.25) is 0 Å². The lowest BCUT2D eigenvalue weighted by atomic mass is 9.95. The van der Waals surface area contributed by atoms with E-state index in [9.17, 15) is 4.79 Å². The second kappa shape index (κ2) is 9.83. The first kappa shape index (κ1) is 21.2. The van der Waals surface area contributed by atoms with Crippen LogP contribution in [0.5, 0.6) is 11.5 Å². The van der Waals surface area contributed by atoms with Crippen molar-refractivity contribution in [3.05, 3.63) is 63.9 Å². The minimum Gasteiger partial charge on any atom is -0.493 e. The Morgan fingerprint density at radius 2 is 2.13 bits per heavy atom. The van der Waals surface area contributed by atoms with Crippen molar-refractivity contribution in [2.45, 2.75) is 39.2 Å². The summed E-state index contributed by atoms with van der Waals surface area (Å²) in [7, 11) is 1.62. The highest BCUT2D eigenvalue weighted by Gasteiger charge is 2.25. The molecule has 4 rings (SSSR count). The molecule has 1 amide bonds. The van der Waals surface area contributed by atoms with Gasteiger partial charge in [-0.25, -0.2) is 4.99 Å². The number of benzene rings is 1. The van der Waals surface area contributed by atoms with Gasteiger partial charge >= 0.3 is 0 Å². The number of rotatable bonds is 8. The largest absolute Gasteiger partial charge is 0.493 e. The number of hydrogen-bond donors (Lipinski definition) is 1. The molecule has 0 fully saturated rings. The van der Waals surface area contributed by atoms with E-state index in [0.29, 0.717) is 30.2 Å². The van der Waals surface area contributed by atoms with E-state index in [2.05, 4.69) is 5.32 Å². The lowest BCUT2D eigenvalue weighted by molar-refractivity contribution is 0.0948. The molecule has 3 aromatic rings. The number of amides is 1. The number of aliphatic imine (C=N–C) groups is 1. The highest BCUT2D eigenvalue weighted by atomic mass is 32.1. The first-order valence-electron chi connectivity index (χ1n) is 10.5. The van der Waals surface area contributed by atoms with E-state index < -0.39 is 0 Å². The highest BCUT2D eigenvalue weighted by molar-refractivity contribution is 7.16. The quantitative estimate of drug-likeness (QED) is 0.484. The molecule has 2 aromatic heterocycles. The zero-order valence-electron chi connectivity index (χ0n) is 17.8. The van der Waals surface area contributed by atoms with Crippen LogP contribution >= 0.6 is 11.3 Å². The number of nitrogens with zero attached hydrogens (tertiary/aromatic N) is 1. The molecule has 162 valence electrons. The molecule has 0 saturated carbocycles. The summed E-state index contributed by atoms with van der Waals surface area (Å²) in [5.74, 6) is 1.98. The van der Waals surface area contributed by atoms with Gasteiger partial charge in [0.2, 0.25) is 0 Å².